The van der Waals surface area contributed by atoms with Crippen LogP contribution in [0.25, 0.3) is 0 Å². The summed E-state index contributed by atoms with van der Waals surface area (Å²) in [5.41, 5.74) is 1.63. The Morgan fingerprint density at radius 3 is 2.81 bits per heavy atom. The molecule has 0 aliphatic carbocycles. The van der Waals surface area contributed by atoms with Gasteiger partial charge < -0.3 is 14.8 Å². The van der Waals surface area contributed by atoms with E-state index in [1.807, 2.05) is 30.3 Å². The Morgan fingerprint density at radius 1 is 1.14 bits per heavy atom. The molecule has 1 aromatic heterocycles. The van der Waals surface area contributed by atoms with Gasteiger partial charge >= 0.3 is 0 Å². The zero-order chi connectivity index (χ0) is 14.5. The lowest BCUT2D eigenvalue weighted by Gasteiger charge is -2.19. The largest absolute Gasteiger partial charge is 0.486 e. The molecule has 0 fully saturated rings. The molecule has 5 heteroatoms. The first-order valence-electron chi connectivity index (χ1n) is 6.91. The Kier molecular flexibility index (Phi) is 4.00. The van der Waals surface area contributed by atoms with Crippen molar-refractivity contribution >= 4 is 11.6 Å². The molecule has 0 radical (unpaired) electrons. The first kappa shape index (κ1) is 13.4. The van der Waals surface area contributed by atoms with E-state index in [0.717, 1.165) is 5.69 Å². The third-order valence-corrected chi connectivity index (χ3v) is 3.16. The fourth-order valence-electron chi connectivity index (χ4n) is 2.13. The molecule has 0 spiro atoms. The summed E-state index contributed by atoms with van der Waals surface area (Å²) < 4.78 is 10.9. The lowest BCUT2D eigenvalue weighted by atomic mass is 10.2. The molecule has 0 saturated carbocycles. The summed E-state index contributed by atoms with van der Waals surface area (Å²) in [7, 11) is 0. The van der Waals surface area contributed by atoms with Crippen molar-refractivity contribution in [1.82, 2.24) is 4.98 Å². The molecule has 0 unspecified atom stereocenters. The van der Waals surface area contributed by atoms with Crippen molar-refractivity contribution in [3.05, 3.63) is 48.3 Å². The maximum absolute atomic E-state index is 11.9. The van der Waals surface area contributed by atoms with Crippen molar-refractivity contribution in [3.8, 4) is 11.5 Å². The molecular formula is C16H16N2O3. The molecule has 0 bridgehead atoms. The topological polar surface area (TPSA) is 60.5 Å². The lowest BCUT2D eigenvalue weighted by molar-refractivity contribution is -0.116. The van der Waals surface area contributed by atoms with Crippen LogP contribution in [0.2, 0.25) is 0 Å². The third kappa shape index (κ3) is 3.51. The van der Waals surface area contributed by atoms with Crippen LogP contribution in [0, 0.1) is 0 Å². The highest BCUT2D eigenvalue weighted by molar-refractivity contribution is 5.91. The van der Waals surface area contributed by atoms with E-state index in [1.54, 1.807) is 12.3 Å². The van der Waals surface area contributed by atoms with Crippen LogP contribution in [0.15, 0.2) is 42.6 Å². The van der Waals surface area contributed by atoms with Gasteiger partial charge in [-0.3, -0.25) is 9.78 Å². The fraction of sp³-hybridized carbons (Fsp3) is 0.250. The minimum atomic E-state index is -0.0441. The molecular weight excluding hydrogens is 268 g/mol. The van der Waals surface area contributed by atoms with Gasteiger partial charge in [0.25, 0.3) is 0 Å². The second-order valence-corrected chi connectivity index (χ2v) is 4.73. The van der Waals surface area contributed by atoms with Crippen LogP contribution in [0.4, 0.5) is 5.69 Å². The van der Waals surface area contributed by atoms with Crippen LogP contribution >= 0.6 is 0 Å². The molecule has 1 aromatic carbocycles. The number of amides is 1. The molecule has 3 rings (SSSR count). The van der Waals surface area contributed by atoms with Crippen LogP contribution in [-0.2, 0) is 11.2 Å². The van der Waals surface area contributed by atoms with E-state index in [1.165, 1.54) is 0 Å². The number of carbonyl (C=O) groups excluding carboxylic acids is 1. The molecule has 1 N–H and O–H groups in total. The molecule has 108 valence electrons. The summed E-state index contributed by atoms with van der Waals surface area (Å²) in [5.74, 6) is 1.34. The number of fused-ring (bicyclic) bond motifs is 1. The summed E-state index contributed by atoms with van der Waals surface area (Å²) in [6.07, 6.45) is 2.75. The van der Waals surface area contributed by atoms with Crippen molar-refractivity contribution in [2.24, 2.45) is 0 Å². The Balaban J connectivity index is 1.57. The van der Waals surface area contributed by atoms with Gasteiger partial charge in [0, 0.05) is 30.1 Å². The molecule has 0 atom stereocenters. The first-order valence-corrected chi connectivity index (χ1v) is 6.91. The van der Waals surface area contributed by atoms with E-state index < -0.39 is 0 Å². The smallest absolute Gasteiger partial charge is 0.224 e. The lowest BCUT2D eigenvalue weighted by Crippen LogP contribution is -2.16. The van der Waals surface area contributed by atoms with Crippen molar-refractivity contribution in [2.45, 2.75) is 12.8 Å². The average Bonchev–Trinajstić information content (AvgIpc) is 2.54. The summed E-state index contributed by atoms with van der Waals surface area (Å²) in [6.45, 7) is 1.09. The number of ether oxygens (including phenoxy) is 2. The molecule has 21 heavy (non-hydrogen) atoms. The number of anilines is 1. The van der Waals surface area contributed by atoms with Crippen molar-refractivity contribution in [1.29, 1.82) is 0 Å². The molecule has 1 amide bonds. The Bertz CT molecular complexity index is 629. The van der Waals surface area contributed by atoms with Crippen LogP contribution in [0.3, 0.4) is 0 Å². The van der Waals surface area contributed by atoms with E-state index in [0.29, 0.717) is 43.2 Å². The Morgan fingerprint density at radius 2 is 2.00 bits per heavy atom. The summed E-state index contributed by atoms with van der Waals surface area (Å²) in [5, 5.41) is 2.86. The summed E-state index contributed by atoms with van der Waals surface area (Å²) >= 11 is 0. The number of benzene rings is 1. The van der Waals surface area contributed by atoms with Gasteiger partial charge in [-0.15, -0.1) is 0 Å². The maximum Gasteiger partial charge on any atom is 0.224 e. The van der Waals surface area contributed by atoms with Gasteiger partial charge in [0.15, 0.2) is 11.5 Å². The highest BCUT2D eigenvalue weighted by Gasteiger charge is 2.12. The monoisotopic (exact) mass is 284 g/mol. The molecule has 2 heterocycles. The Labute approximate surface area is 122 Å². The number of nitrogens with one attached hydrogen (secondary N) is 1. The van der Waals surface area contributed by atoms with Crippen LogP contribution in [0.5, 0.6) is 11.5 Å². The van der Waals surface area contributed by atoms with Gasteiger partial charge in [-0.05, 0) is 30.7 Å². The van der Waals surface area contributed by atoms with Gasteiger partial charge in [-0.2, -0.15) is 0 Å². The van der Waals surface area contributed by atoms with Crippen LogP contribution in [-0.4, -0.2) is 24.1 Å². The number of carbonyl (C=O) groups is 1. The van der Waals surface area contributed by atoms with Crippen molar-refractivity contribution < 1.29 is 14.3 Å². The second-order valence-electron chi connectivity index (χ2n) is 4.73. The Hall–Kier alpha value is -2.56. The quantitative estimate of drug-likeness (QED) is 0.936. The average molecular weight is 284 g/mol. The minimum absolute atomic E-state index is 0.0441. The van der Waals surface area contributed by atoms with E-state index >= 15 is 0 Å². The summed E-state index contributed by atoms with van der Waals surface area (Å²) in [6, 6.07) is 11.1. The van der Waals surface area contributed by atoms with Gasteiger partial charge in [0.2, 0.25) is 5.91 Å². The van der Waals surface area contributed by atoms with Crippen LogP contribution < -0.4 is 14.8 Å². The highest BCUT2D eigenvalue weighted by Crippen LogP contribution is 2.32. The van der Waals surface area contributed by atoms with Crippen LogP contribution in [0.1, 0.15) is 12.1 Å². The van der Waals surface area contributed by atoms with Crippen molar-refractivity contribution in [2.75, 3.05) is 18.5 Å². The zero-order valence-electron chi connectivity index (χ0n) is 11.5. The van der Waals surface area contributed by atoms with Gasteiger partial charge in [-0.1, -0.05) is 6.07 Å². The van der Waals surface area contributed by atoms with Gasteiger partial charge in [0.05, 0.1) is 0 Å². The van der Waals surface area contributed by atoms with Gasteiger partial charge in [0.1, 0.15) is 13.2 Å². The van der Waals surface area contributed by atoms with E-state index in [2.05, 4.69) is 10.3 Å². The number of aromatic nitrogens is 1. The minimum Gasteiger partial charge on any atom is -0.486 e. The molecule has 0 saturated heterocycles. The number of nitrogens with zero attached hydrogens (tertiary/aromatic N) is 1. The molecule has 2 aromatic rings. The predicted octanol–water partition coefficient (Wildman–Crippen LogP) is 2.42. The fourth-order valence-corrected chi connectivity index (χ4v) is 2.13. The SMILES string of the molecule is O=C(CCc1ccccn1)Nc1ccc2c(c1)OCCO2. The highest BCUT2D eigenvalue weighted by atomic mass is 16.6. The summed E-state index contributed by atoms with van der Waals surface area (Å²) in [4.78, 5) is 16.1. The molecule has 5 nitrogen and oxygen atoms in total. The van der Waals surface area contributed by atoms with Crippen molar-refractivity contribution in [3.63, 3.8) is 0 Å². The van der Waals surface area contributed by atoms with E-state index in [9.17, 15) is 4.79 Å². The number of aryl methyl sites for hydroxylation is 1. The number of hydrogen-bond acceptors (Lipinski definition) is 4. The normalized spacial score (nSPS) is 12.8. The number of hydrogen-bond donors (Lipinski definition) is 1. The first-order chi connectivity index (χ1) is 10.3. The molecule has 1 aliphatic heterocycles. The predicted molar refractivity (Wildman–Crippen MR) is 78.6 cm³/mol. The third-order valence-electron chi connectivity index (χ3n) is 3.16. The van der Waals surface area contributed by atoms with E-state index in [-0.39, 0.29) is 5.91 Å². The standard InChI is InChI=1S/C16H16N2O3/c19-16(7-5-12-3-1-2-8-17-12)18-13-4-6-14-15(11-13)21-10-9-20-14/h1-4,6,8,11H,5,7,9-10H2,(H,18,19). The van der Waals surface area contributed by atoms with Gasteiger partial charge in [-0.25, -0.2) is 0 Å². The molecule has 1 aliphatic rings. The zero-order valence-corrected chi connectivity index (χ0v) is 11.5. The number of pyridine rings is 1. The number of rotatable bonds is 4. The second kappa shape index (κ2) is 6.26. The van der Waals surface area contributed by atoms with E-state index in [4.69, 9.17) is 9.47 Å². The maximum atomic E-state index is 11.9.